The van der Waals surface area contributed by atoms with Crippen molar-refractivity contribution in [2.24, 2.45) is 7.05 Å². The Labute approximate surface area is 235 Å². The molecular weight excluding hydrogens is 508 g/mol. The second kappa shape index (κ2) is 10.6. The Balaban J connectivity index is 1.09. The Morgan fingerprint density at radius 1 is 0.974 bits per heavy atom. The van der Waals surface area contributed by atoms with Gasteiger partial charge in [-0.2, -0.15) is 0 Å². The molecule has 0 bridgehead atoms. The molecule has 0 unspecified atom stereocenters. The maximum atomic E-state index is 13.8. The van der Waals surface area contributed by atoms with Crippen LogP contribution in [0.1, 0.15) is 28.7 Å². The highest BCUT2D eigenvalue weighted by atomic mass is 35.5. The fraction of sp³-hybridized carbons (Fsp3) is 0.387. The largest absolute Gasteiger partial charge is 0.368 e. The Kier molecular flexibility index (Phi) is 7.04. The van der Waals surface area contributed by atoms with E-state index in [0.717, 1.165) is 73.4 Å². The first kappa shape index (κ1) is 25.8. The third-order valence-electron chi connectivity index (χ3n) is 8.61. The van der Waals surface area contributed by atoms with Gasteiger partial charge < -0.3 is 24.3 Å². The summed E-state index contributed by atoms with van der Waals surface area (Å²) in [5.41, 5.74) is 6.65. The first-order valence-electron chi connectivity index (χ1n) is 13.9. The fourth-order valence-corrected chi connectivity index (χ4v) is 6.35. The minimum Gasteiger partial charge on any atom is -0.368 e. The van der Waals surface area contributed by atoms with E-state index in [0.29, 0.717) is 6.54 Å². The molecule has 2 aromatic carbocycles. The normalized spacial score (nSPS) is 18.8. The number of para-hydroxylation sites is 1. The lowest BCUT2D eigenvalue weighted by atomic mass is 10.1. The van der Waals surface area contributed by atoms with E-state index in [9.17, 15) is 4.79 Å². The van der Waals surface area contributed by atoms with Crippen LogP contribution in [0.5, 0.6) is 0 Å². The van der Waals surface area contributed by atoms with Gasteiger partial charge in [-0.25, -0.2) is 0 Å². The molecule has 6 rings (SSSR count). The van der Waals surface area contributed by atoms with Crippen LogP contribution >= 0.6 is 11.6 Å². The van der Waals surface area contributed by atoms with E-state index in [-0.39, 0.29) is 11.9 Å². The number of hydrogen-bond donors (Lipinski definition) is 1. The molecule has 4 heterocycles. The van der Waals surface area contributed by atoms with Crippen molar-refractivity contribution in [2.75, 3.05) is 55.6 Å². The number of amides is 1. The summed E-state index contributed by atoms with van der Waals surface area (Å²) in [6, 6.07) is 19.0. The second-order valence-corrected chi connectivity index (χ2v) is 11.4. The highest BCUT2D eigenvalue weighted by Gasteiger charge is 2.31. The average molecular weight is 545 g/mol. The molecule has 7 nitrogen and oxygen atoms in total. The van der Waals surface area contributed by atoms with Gasteiger partial charge >= 0.3 is 0 Å². The Morgan fingerprint density at radius 3 is 2.51 bits per heavy atom. The minimum absolute atomic E-state index is 0.127. The first-order chi connectivity index (χ1) is 18.9. The summed E-state index contributed by atoms with van der Waals surface area (Å²) in [4.78, 5) is 26.3. The van der Waals surface area contributed by atoms with Gasteiger partial charge in [0.1, 0.15) is 5.69 Å². The molecule has 0 radical (unpaired) electrons. The standard InChI is InChI=1S/C31H37ClN6O/c1-22-20-37(26-9-8-24-10-11-33-28(24)19-26)16-17-38(22)31(39)30-18-25(23(2)34(30)3)21-35-12-14-36(15-13-35)29-7-5-4-6-27(29)32/h4-11,18-19,22,33H,12-17,20-21H2,1-3H3/t22-/m0/s1. The lowest BCUT2D eigenvalue weighted by molar-refractivity contribution is 0.0664. The Hall–Kier alpha value is -3.42. The lowest BCUT2D eigenvalue weighted by Crippen LogP contribution is -2.54. The lowest BCUT2D eigenvalue weighted by Gasteiger charge is -2.41. The molecular formula is C31H37ClN6O. The molecule has 2 aliphatic rings. The zero-order valence-corrected chi connectivity index (χ0v) is 23.8. The number of aromatic nitrogens is 2. The molecule has 2 fully saturated rings. The average Bonchev–Trinajstić information content (AvgIpc) is 3.53. The Bertz CT molecular complexity index is 1480. The van der Waals surface area contributed by atoms with Crippen LogP contribution in [0, 0.1) is 6.92 Å². The summed E-state index contributed by atoms with van der Waals surface area (Å²) in [7, 11) is 2.02. The van der Waals surface area contributed by atoms with E-state index in [2.05, 4.69) is 74.5 Å². The number of nitrogens with one attached hydrogen (secondary N) is 1. The van der Waals surface area contributed by atoms with Crippen molar-refractivity contribution in [3.05, 3.63) is 82.8 Å². The maximum absolute atomic E-state index is 13.8. The molecule has 1 atom stereocenters. The van der Waals surface area contributed by atoms with Crippen LogP contribution in [0.4, 0.5) is 11.4 Å². The number of rotatable bonds is 5. The van der Waals surface area contributed by atoms with Gasteiger partial charge in [0.05, 0.1) is 10.7 Å². The predicted molar refractivity (Wildman–Crippen MR) is 160 cm³/mol. The van der Waals surface area contributed by atoms with Crippen LogP contribution in [-0.4, -0.2) is 77.1 Å². The van der Waals surface area contributed by atoms with E-state index >= 15 is 0 Å². The van der Waals surface area contributed by atoms with Gasteiger partial charge in [0, 0.05) is 88.5 Å². The van der Waals surface area contributed by atoms with E-state index in [4.69, 9.17) is 11.6 Å². The topological polar surface area (TPSA) is 50.8 Å². The molecule has 0 saturated carbocycles. The van der Waals surface area contributed by atoms with Crippen LogP contribution in [0.25, 0.3) is 10.9 Å². The SMILES string of the molecule is Cc1c(CN2CCN(c3ccccc3Cl)CC2)cc(C(=O)N2CCN(c3ccc4cc[nH]c4c3)C[C@@H]2C)n1C. The number of hydrogen-bond acceptors (Lipinski definition) is 4. The van der Waals surface area contributed by atoms with Crippen LogP contribution in [0.2, 0.25) is 5.02 Å². The van der Waals surface area contributed by atoms with Gasteiger partial charge in [-0.1, -0.05) is 29.8 Å². The number of piperazine rings is 2. The molecule has 1 amide bonds. The zero-order valence-electron chi connectivity index (χ0n) is 23.0. The number of aromatic amines is 1. The van der Waals surface area contributed by atoms with E-state index < -0.39 is 0 Å². The smallest absolute Gasteiger partial charge is 0.270 e. The number of fused-ring (bicyclic) bond motifs is 1. The molecule has 8 heteroatoms. The number of halogens is 1. The highest BCUT2D eigenvalue weighted by Crippen LogP contribution is 2.28. The zero-order chi connectivity index (χ0) is 27.1. The third-order valence-corrected chi connectivity index (χ3v) is 8.93. The molecule has 2 saturated heterocycles. The summed E-state index contributed by atoms with van der Waals surface area (Å²) in [6.45, 7) is 11.3. The highest BCUT2D eigenvalue weighted by molar-refractivity contribution is 6.33. The van der Waals surface area contributed by atoms with Crippen LogP contribution in [0.3, 0.4) is 0 Å². The van der Waals surface area contributed by atoms with Crippen molar-refractivity contribution in [3.63, 3.8) is 0 Å². The van der Waals surface area contributed by atoms with Crippen molar-refractivity contribution in [1.29, 1.82) is 0 Å². The molecule has 1 N–H and O–H groups in total. The van der Waals surface area contributed by atoms with Crippen molar-refractivity contribution < 1.29 is 4.79 Å². The van der Waals surface area contributed by atoms with Gasteiger partial charge in [-0.3, -0.25) is 9.69 Å². The summed E-state index contributed by atoms with van der Waals surface area (Å²) in [5.74, 6) is 0.127. The van der Waals surface area contributed by atoms with Gasteiger partial charge in [0.2, 0.25) is 0 Å². The maximum Gasteiger partial charge on any atom is 0.270 e. The molecule has 0 aliphatic carbocycles. The monoisotopic (exact) mass is 544 g/mol. The van der Waals surface area contributed by atoms with Crippen molar-refractivity contribution >= 4 is 39.8 Å². The summed E-state index contributed by atoms with van der Waals surface area (Å²) >= 11 is 6.43. The molecule has 2 aromatic heterocycles. The number of anilines is 2. The summed E-state index contributed by atoms with van der Waals surface area (Å²) < 4.78 is 2.08. The molecule has 204 valence electrons. The minimum atomic E-state index is 0.127. The van der Waals surface area contributed by atoms with Gasteiger partial charge in [0.15, 0.2) is 0 Å². The quantitative estimate of drug-likeness (QED) is 0.378. The molecule has 4 aromatic rings. The molecule has 39 heavy (non-hydrogen) atoms. The van der Waals surface area contributed by atoms with E-state index in [1.54, 1.807) is 0 Å². The number of carbonyl (C=O) groups is 1. The van der Waals surface area contributed by atoms with Gasteiger partial charge in [-0.15, -0.1) is 0 Å². The fourth-order valence-electron chi connectivity index (χ4n) is 6.10. The van der Waals surface area contributed by atoms with Gasteiger partial charge in [-0.05, 0) is 61.2 Å². The number of benzene rings is 2. The van der Waals surface area contributed by atoms with Gasteiger partial charge in [0.25, 0.3) is 5.91 Å². The Morgan fingerprint density at radius 2 is 1.74 bits per heavy atom. The van der Waals surface area contributed by atoms with Crippen LogP contribution in [-0.2, 0) is 13.6 Å². The van der Waals surface area contributed by atoms with Crippen LogP contribution < -0.4 is 9.80 Å². The first-order valence-corrected chi connectivity index (χ1v) is 14.3. The van der Waals surface area contributed by atoms with E-state index in [1.807, 2.05) is 36.3 Å². The number of H-pyrrole nitrogens is 1. The second-order valence-electron chi connectivity index (χ2n) is 11.0. The number of carbonyl (C=O) groups excluding carboxylic acids is 1. The van der Waals surface area contributed by atoms with Crippen molar-refractivity contribution in [2.45, 2.75) is 26.4 Å². The predicted octanol–water partition coefficient (Wildman–Crippen LogP) is 5.14. The van der Waals surface area contributed by atoms with Crippen molar-refractivity contribution in [1.82, 2.24) is 19.4 Å². The van der Waals surface area contributed by atoms with Crippen molar-refractivity contribution in [3.8, 4) is 0 Å². The number of nitrogens with zero attached hydrogens (tertiary/aromatic N) is 5. The molecule has 0 spiro atoms. The van der Waals surface area contributed by atoms with E-state index in [1.165, 1.54) is 16.6 Å². The third kappa shape index (κ3) is 5.01. The molecule has 2 aliphatic heterocycles. The summed E-state index contributed by atoms with van der Waals surface area (Å²) in [5, 5.41) is 2.03. The summed E-state index contributed by atoms with van der Waals surface area (Å²) in [6.07, 6.45) is 1.98. The van der Waals surface area contributed by atoms with Crippen LogP contribution in [0.15, 0.2) is 60.8 Å².